The summed E-state index contributed by atoms with van der Waals surface area (Å²) in [6.45, 7) is 1.82. The third-order valence-corrected chi connectivity index (χ3v) is 7.42. The monoisotopic (exact) mass is 469 g/mol. The first-order chi connectivity index (χ1) is 15.1. The summed E-state index contributed by atoms with van der Waals surface area (Å²) in [5, 5.41) is 0. The molecule has 1 fully saturated rings. The molecule has 11 heteroatoms. The molecule has 2 aromatic rings. The van der Waals surface area contributed by atoms with Crippen molar-refractivity contribution in [2.24, 2.45) is 0 Å². The molecule has 0 aromatic heterocycles. The van der Waals surface area contributed by atoms with E-state index < -0.39 is 45.2 Å². The number of carbonyl (C=O) groups is 1. The lowest BCUT2D eigenvalue weighted by Gasteiger charge is -2.39. The lowest BCUT2D eigenvalue weighted by molar-refractivity contribution is -0.140. The highest BCUT2D eigenvalue weighted by molar-refractivity contribution is 7.93. The number of likely N-dealkylation sites (N-methyl/N-ethyl adjacent to an activating group) is 1. The average Bonchev–Trinajstić information content (AvgIpc) is 2.77. The third-order valence-electron chi connectivity index (χ3n) is 5.59. The summed E-state index contributed by atoms with van der Waals surface area (Å²) in [5.74, 6) is -0.267. The van der Waals surface area contributed by atoms with Crippen molar-refractivity contribution in [2.45, 2.75) is 17.2 Å². The highest BCUT2D eigenvalue weighted by Crippen LogP contribution is 2.40. The second kappa shape index (κ2) is 8.28. The van der Waals surface area contributed by atoms with Crippen LogP contribution in [-0.4, -0.2) is 70.0 Å². The van der Waals surface area contributed by atoms with Gasteiger partial charge in [0.15, 0.2) is 6.10 Å². The van der Waals surface area contributed by atoms with E-state index in [4.69, 9.17) is 4.74 Å². The summed E-state index contributed by atoms with van der Waals surface area (Å²) in [4.78, 5) is 15.9. The van der Waals surface area contributed by atoms with Crippen molar-refractivity contribution in [3.63, 3.8) is 0 Å². The zero-order valence-corrected chi connectivity index (χ0v) is 18.1. The van der Waals surface area contributed by atoms with Crippen LogP contribution in [0.15, 0.2) is 53.4 Å². The van der Waals surface area contributed by atoms with Gasteiger partial charge in [-0.3, -0.25) is 9.10 Å². The van der Waals surface area contributed by atoms with Gasteiger partial charge in [-0.05, 0) is 31.3 Å². The first kappa shape index (κ1) is 22.4. The lowest BCUT2D eigenvalue weighted by Crippen LogP contribution is -2.55. The summed E-state index contributed by atoms with van der Waals surface area (Å²) in [7, 11) is -2.71. The molecule has 32 heavy (non-hydrogen) atoms. The number of alkyl halides is 3. The van der Waals surface area contributed by atoms with E-state index in [1.807, 2.05) is 7.05 Å². The molecule has 2 aliphatic heterocycles. The van der Waals surface area contributed by atoms with Gasteiger partial charge in [-0.25, -0.2) is 8.42 Å². The largest absolute Gasteiger partial charge is 0.476 e. The van der Waals surface area contributed by atoms with Crippen LogP contribution in [0.25, 0.3) is 0 Å². The number of sulfonamides is 1. The van der Waals surface area contributed by atoms with E-state index in [0.717, 1.165) is 22.5 Å². The number of anilines is 1. The molecular formula is C21H22F3N3O4S. The first-order valence-electron chi connectivity index (χ1n) is 10.0. The van der Waals surface area contributed by atoms with Crippen LogP contribution in [0.2, 0.25) is 0 Å². The van der Waals surface area contributed by atoms with Crippen molar-refractivity contribution in [1.29, 1.82) is 0 Å². The molecule has 0 spiro atoms. The Balaban J connectivity index is 1.73. The number of rotatable bonds is 3. The molecule has 2 heterocycles. The molecule has 0 bridgehead atoms. The smallest absolute Gasteiger partial charge is 0.417 e. The number of piperazine rings is 1. The van der Waals surface area contributed by atoms with Crippen LogP contribution < -0.4 is 9.04 Å². The molecule has 2 aromatic carbocycles. The molecule has 2 aliphatic rings. The maximum absolute atomic E-state index is 13.5. The van der Waals surface area contributed by atoms with Gasteiger partial charge in [0.05, 0.1) is 22.7 Å². The Morgan fingerprint density at radius 3 is 2.31 bits per heavy atom. The second-order valence-corrected chi connectivity index (χ2v) is 9.56. The van der Waals surface area contributed by atoms with E-state index in [1.165, 1.54) is 18.2 Å². The molecular weight excluding hydrogens is 447 g/mol. The summed E-state index contributed by atoms with van der Waals surface area (Å²) in [6.07, 6.45) is -6.02. The maximum Gasteiger partial charge on any atom is 0.417 e. The van der Waals surface area contributed by atoms with Crippen molar-refractivity contribution in [1.82, 2.24) is 9.80 Å². The standard InChI is InChI=1S/C21H22F3N3O4S/c1-25-10-12-26(13-11-25)20(28)18-14-27(16-7-3-4-8-17(16)31-18)32(29,30)19-9-5-2-6-15(19)21(22,23)24/h2-9,18H,10-14H2,1H3/t18-/m1/s1. The molecule has 1 saturated heterocycles. The number of halogens is 3. The van der Waals surface area contributed by atoms with Crippen LogP contribution in [0.5, 0.6) is 5.75 Å². The molecule has 4 rings (SSSR count). The Labute approximate surface area is 184 Å². The number of hydrogen-bond donors (Lipinski definition) is 0. The second-order valence-electron chi connectivity index (χ2n) is 7.73. The third kappa shape index (κ3) is 4.14. The Morgan fingerprint density at radius 1 is 1.00 bits per heavy atom. The van der Waals surface area contributed by atoms with Gasteiger partial charge in [-0.15, -0.1) is 0 Å². The Bertz CT molecular complexity index is 1120. The van der Waals surface area contributed by atoms with E-state index in [9.17, 15) is 26.4 Å². The molecule has 0 aliphatic carbocycles. The van der Waals surface area contributed by atoms with Crippen LogP contribution in [0.1, 0.15) is 5.56 Å². The average molecular weight is 469 g/mol. The normalized spacial score (nSPS) is 19.9. The Morgan fingerprint density at radius 2 is 1.62 bits per heavy atom. The van der Waals surface area contributed by atoms with Gasteiger partial charge >= 0.3 is 6.18 Å². The first-order valence-corrected chi connectivity index (χ1v) is 11.4. The van der Waals surface area contributed by atoms with Crippen molar-refractivity contribution in [3.05, 3.63) is 54.1 Å². The fourth-order valence-corrected chi connectivity index (χ4v) is 5.52. The van der Waals surface area contributed by atoms with Crippen molar-refractivity contribution in [3.8, 4) is 5.75 Å². The molecule has 0 radical (unpaired) electrons. The van der Waals surface area contributed by atoms with Gasteiger partial charge in [-0.2, -0.15) is 13.2 Å². The highest BCUT2D eigenvalue weighted by atomic mass is 32.2. The Kier molecular flexibility index (Phi) is 5.80. The van der Waals surface area contributed by atoms with Crippen molar-refractivity contribution < 1.29 is 31.1 Å². The molecule has 172 valence electrons. The van der Waals surface area contributed by atoms with Gasteiger partial charge in [0.1, 0.15) is 5.75 Å². The SMILES string of the molecule is CN1CCN(C(=O)[C@H]2CN(S(=O)(=O)c3ccccc3C(F)(F)F)c3ccccc3O2)CC1. The van der Waals surface area contributed by atoms with Crippen LogP contribution in [0, 0.1) is 0 Å². The molecule has 0 unspecified atom stereocenters. The van der Waals surface area contributed by atoms with Crippen molar-refractivity contribution in [2.75, 3.05) is 44.1 Å². The van der Waals surface area contributed by atoms with E-state index in [2.05, 4.69) is 4.90 Å². The summed E-state index contributed by atoms with van der Waals surface area (Å²) in [5.41, 5.74) is -1.17. The van der Waals surface area contributed by atoms with Crippen LogP contribution in [-0.2, 0) is 21.0 Å². The van der Waals surface area contributed by atoms with E-state index in [1.54, 1.807) is 17.0 Å². The van der Waals surface area contributed by atoms with Crippen LogP contribution >= 0.6 is 0 Å². The van der Waals surface area contributed by atoms with E-state index in [-0.39, 0.29) is 11.4 Å². The lowest BCUT2D eigenvalue weighted by atomic mass is 10.2. The minimum Gasteiger partial charge on any atom is -0.476 e. The number of hydrogen-bond acceptors (Lipinski definition) is 5. The van der Waals surface area contributed by atoms with Crippen LogP contribution in [0.4, 0.5) is 18.9 Å². The molecule has 0 saturated carbocycles. The van der Waals surface area contributed by atoms with Gasteiger partial charge in [0.25, 0.3) is 15.9 Å². The molecule has 1 amide bonds. The highest BCUT2D eigenvalue weighted by Gasteiger charge is 2.43. The fourth-order valence-electron chi connectivity index (χ4n) is 3.83. The number of amides is 1. The number of nitrogens with zero attached hydrogens (tertiary/aromatic N) is 3. The zero-order valence-electron chi connectivity index (χ0n) is 17.2. The number of benzene rings is 2. The number of ether oxygens (including phenoxy) is 1. The number of carbonyl (C=O) groups excluding carboxylic acids is 1. The van der Waals surface area contributed by atoms with Gasteiger partial charge in [-0.1, -0.05) is 24.3 Å². The summed E-state index contributed by atoms with van der Waals surface area (Å²) >= 11 is 0. The topological polar surface area (TPSA) is 70.2 Å². The van der Waals surface area contributed by atoms with Crippen molar-refractivity contribution >= 4 is 21.6 Å². The van der Waals surface area contributed by atoms with E-state index in [0.29, 0.717) is 26.2 Å². The number of fused-ring (bicyclic) bond motifs is 1. The molecule has 0 N–H and O–H groups in total. The quantitative estimate of drug-likeness (QED) is 0.691. The Hall–Kier alpha value is -2.79. The van der Waals surface area contributed by atoms with Gasteiger partial charge in [0, 0.05) is 26.2 Å². The van der Waals surface area contributed by atoms with Crippen LogP contribution in [0.3, 0.4) is 0 Å². The minimum absolute atomic E-state index is 0.0897. The molecule has 1 atom stereocenters. The summed E-state index contributed by atoms with van der Waals surface area (Å²) in [6, 6.07) is 10.1. The fraction of sp³-hybridized carbons (Fsp3) is 0.381. The minimum atomic E-state index is -4.86. The van der Waals surface area contributed by atoms with Gasteiger partial charge in [0.2, 0.25) is 0 Å². The number of para-hydroxylation sites is 2. The molecule has 7 nitrogen and oxygen atoms in total. The van der Waals surface area contributed by atoms with Gasteiger partial charge < -0.3 is 14.5 Å². The maximum atomic E-state index is 13.5. The summed E-state index contributed by atoms with van der Waals surface area (Å²) < 4.78 is 74.2. The predicted octanol–water partition coefficient (Wildman–Crippen LogP) is 2.44. The predicted molar refractivity (Wildman–Crippen MR) is 111 cm³/mol. The van der Waals surface area contributed by atoms with E-state index >= 15 is 0 Å². The zero-order chi connectivity index (χ0) is 23.1.